The van der Waals surface area contributed by atoms with Crippen molar-refractivity contribution in [2.75, 3.05) is 5.73 Å². The zero-order valence-electron chi connectivity index (χ0n) is 9.56. The van der Waals surface area contributed by atoms with Crippen molar-refractivity contribution in [3.63, 3.8) is 0 Å². The minimum Gasteiger partial charge on any atom is -0.472 e. The molecule has 0 spiro atoms. The first-order chi connectivity index (χ1) is 8.90. The predicted octanol–water partition coefficient (Wildman–Crippen LogP) is 2.87. The first-order valence-electron chi connectivity index (χ1n) is 5.15. The monoisotopic (exact) mass is 408 g/mol. The lowest BCUT2D eigenvalue weighted by Gasteiger charge is -2.10. The molecular formula is C11H10Br2N2O3S. The quantitative estimate of drug-likeness (QED) is 0.760. The molecule has 0 saturated heterocycles. The fraction of sp³-hybridized carbons (Fsp3) is 0.0909. The molecule has 1 aromatic carbocycles. The van der Waals surface area contributed by atoms with Crippen LogP contribution in [0.5, 0.6) is 0 Å². The largest absolute Gasteiger partial charge is 0.472 e. The Morgan fingerprint density at radius 1 is 1.26 bits per heavy atom. The molecule has 102 valence electrons. The molecule has 0 saturated carbocycles. The average Bonchev–Trinajstić information content (AvgIpc) is 2.77. The van der Waals surface area contributed by atoms with Crippen molar-refractivity contribution < 1.29 is 12.8 Å². The standard InChI is InChI=1S/C11H10Br2N2O3S/c12-9-3-8(14)4-10(13)11(9)19(16,17)15-5-7-1-2-18-6-7/h1-4,6,15H,5,14H2. The minimum absolute atomic E-state index is 0.116. The second-order valence-corrected chi connectivity index (χ2v) is 7.18. The van der Waals surface area contributed by atoms with Gasteiger partial charge in [-0.3, -0.25) is 0 Å². The number of nitrogens with one attached hydrogen (secondary N) is 1. The van der Waals surface area contributed by atoms with Gasteiger partial charge in [-0.25, -0.2) is 13.1 Å². The lowest BCUT2D eigenvalue weighted by atomic mass is 10.3. The summed E-state index contributed by atoms with van der Waals surface area (Å²) in [6.45, 7) is 0.155. The Kier molecular flexibility index (Phi) is 4.34. The summed E-state index contributed by atoms with van der Waals surface area (Å²) in [6.07, 6.45) is 2.97. The predicted molar refractivity (Wildman–Crippen MR) is 79.0 cm³/mol. The molecule has 0 aliphatic rings. The van der Waals surface area contributed by atoms with Crippen molar-refractivity contribution >= 4 is 47.6 Å². The van der Waals surface area contributed by atoms with Crippen LogP contribution in [0.25, 0.3) is 0 Å². The Balaban J connectivity index is 2.29. The molecule has 0 unspecified atom stereocenters. The van der Waals surface area contributed by atoms with E-state index in [1.807, 2.05) is 0 Å². The highest BCUT2D eigenvalue weighted by Gasteiger charge is 2.21. The number of nitrogen functional groups attached to an aromatic ring is 1. The van der Waals surface area contributed by atoms with Crippen molar-refractivity contribution in [1.82, 2.24) is 4.72 Å². The van der Waals surface area contributed by atoms with Gasteiger partial charge in [0.05, 0.1) is 12.5 Å². The van der Waals surface area contributed by atoms with Crippen LogP contribution in [0.3, 0.4) is 0 Å². The topological polar surface area (TPSA) is 85.3 Å². The number of nitrogens with two attached hydrogens (primary N) is 1. The molecule has 0 radical (unpaired) electrons. The van der Waals surface area contributed by atoms with E-state index in [4.69, 9.17) is 10.2 Å². The van der Waals surface area contributed by atoms with Gasteiger partial charge in [0.25, 0.3) is 0 Å². The smallest absolute Gasteiger partial charge is 0.243 e. The second kappa shape index (κ2) is 5.66. The lowest BCUT2D eigenvalue weighted by molar-refractivity contribution is 0.561. The van der Waals surface area contributed by atoms with Crippen LogP contribution in [-0.4, -0.2) is 8.42 Å². The van der Waals surface area contributed by atoms with E-state index in [1.54, 1.807) is 6.07 Å². The van der Waals surface area contributed by atoms with Crippen LogP contribution < -0.4 is 10.5 Å². The maximum atomic E-state index is 12.2. The molecule has 0 aliphatic carbocycles. The van der Waals surface area contributed by atoms with Crippen LogP contribution >= 0.6 is 31.9 Å². The molecule has 3 N–H and O–H groups in total. The fourth-order valence-corrected chi connectivity index (χ4v) is 5.11. The highest BCUT2D eigenvalue weighted by atomic mass is 79.9. The van der Waals surface area contributed by atoms with Crippen molar-refractivity contribution in [3.05, 3.63) is 45.2 Å². The van der Waals surface area contributed by atoms with E-state index in [1.165, 1.54) is 24.7 Å². The molecule has 0 fully saturated rings. The summed E-state index contributed by atoms with van der Waals surface area (Å²) < 4.78 is 32.6. The summed E-state index contributed by atoms with van der Waals surface area (Å²) in [5, 5.41) is 0. The third kappa shape index (κ3) is 3.38. The summed E-state index contributed by atoms with van der Waals surface area (Å²) >= 11 is 6.41. The minimum atomic E-state index is -3.66. The number of hydrogen-bond acceptors (Lipinski definition) is 4. The van der Waals surface area contributed by atoms with Crippen molar-refractivity contribution in [2.45, 2.75) is 11.4 Å². The second-order valence-electron chi connectivity index (χ2n) is 3.77. The number of hydrogen-bond donors (Lipinski definition) is 2. The molecule has 0 atom stereocenters. The summed E-state index contributed by atoms with van der Waals surface area (Å²) in [5.74, 6) is 0. The fourth-order valence-electron chi connectivity index (χ4n) is 1.48. The number of furan rings is 1. The third-order valence-electron chi connectivity index (χ3n) is 2.34. The van der Waals surface area contributed by atoms with E-state index in [2.05, 4.69) is 36.6 Å². The molecule has 5 nitrogen and oxygen atoms in total. The van der Waals surface area contributed by atoms with Crippen LogP contribution in [0.1, 0.15) is 5.56 Å². The van der Waals surface area contributed by atoms with Crippen LogP contribution in [-0.2, 0) is 16.6 Å². The Bertz CT molecular complexity index is 661. The molecule has 8 heteroatoms. The van der Waals surface area contributed by atoms with Gasteiger partial charge in [-0.15, -0.1) is 0 Å². The maximum Gasteiger partial charge on any atom is 0.243 e. The zero-order valence-corrected chi connectivity index (χ0v) is 13.5. The van der Waals surface area contributed by atoms with E-state index in [9.17, 15) is 8.42 Å². The highest BCUT2D eigenvalue weighted by Crippen LogP contribution is 2.32. The van der Waals surface area contributed by atoms with Crippen LogP contribution in [0, 0.1) is 0 Å². The summed E-state index contributed by atoms with van der Waals surface area (Å²) in [6, 6.07) is 4.77. The Labute approximate surface area is 127 Å². The molecule has 0 aliphatic heterocycles. The molecule has 1 heterocycles. The number of anilines is 1. The first-order valence-corrected chi connectivity index (χ1v) is 8.22. The van der Waals surface area contributed by atoms with Crippen molar-refractivity contribution in [3.8, 4) is 0 Å². The molecule has 0 bridgehead atoms. The van der Waals surface area contributed by atoms with Crippen LogP contribution in [0.15, 0.2) is 49.0 Å². The first kappa shape index (κ1) is 14.6. The van der Waals surface area contributed by atoms with Gasteiger partial charge in [-0.2, -0.15) is 0 Å². The van der Waals surface area contributed by atoms with E-state index in [-0.39, 0.29) is 11.4 Å². The molecule has 1 aromatic heterocycles. The van der Waals surface area contributed by atoms with Gasteiger partial charge in [-0.1, -0.05) is 0 Å². The molecule has 2 aromatic rings. The highest BCUT2D eigenvalue weighted by molar-refractivity contribution is 9.11. The van der Waals surface area contributed by atoms with Crippen molar-refractivity contribution in [1.29, 1.82) is 0 Å². The number of halogens is 2. The summed E-state index contributed by atoms with van der Waals surface area (Å²) in [7, 11) is -3.66. The average molecular weight is 410 g/mol. The third-order valence-corrected chi connectivity index (χ3v) is 5.61. The zero-order chi connectivity index (χ0) is 14.0. The lowest BCUT2D eigenvalue weighted by Crippen LogP contribution is -2.23. The SMILES string of the molecule is Nc1cc(Br)c(S(=O)(=O)NCc2ccoc2)c(Br)c1. The Morgan fingerprint density at radius 3 is 2.42 bits per heavy atom. The molecule has 0 amide bonds. The van der Waals surface area contributed by atoms with Gasteiger partial charge in [0.2, 0.25) is 10.0 Å². The summed E-state index contributed by atoms with van der Waals surface area (Å²) in [5.41, 5.74) is 6.84. The Hall–Kier alpha value is -0.830. The van der Waals surface area contributed by atoms with Gasteiger partial charge in [0.1, 0.15) is 4.90 Å². The molecular weight excluding hydrogens is 400 g/mol. The number of sulfonamides is 1. The maximum absolute atomic E-state index is 12.2. The van der Waals surface area contributed by atoms with E-state index in [0.29, 0.717) is 14.6 Å². The van der Waals surface area contributed by atoms with E-state index >= 15 is 0 Å². The van der Waals surface area contributed by atoms with Gasteiger partial charge >= 0.3 is 0 Å². The van der Waals surface area contributed by atoms with Gasteiger partial charge in [-0.05, 0) is 50.1 Å². The number of benzene rings is 1. The van der Waals surface area contributed by atoms with E-state index in [0.717, 1.165) is 5.56 Å². The van der Waals surface area contributed by atoms with Crippen LogP contribution in [0.4, 0.5) is 5.69 Å². The number of rotatable bonds is 4. The summed E-state index contributed by atoms with van der Waals surface area (Å²) in [4.78, 5) is 0.116. The normalized spacial score (nSPS) is 11.7. The molecule has 19 heavy (non-hydrogen) atoms. The van der Waals surface area contributed by atoms with Gasteiger partial charge in [0, 0.05) is 26.7 Å². The Morgan fingerprint density at radius 2 is 1.89 bits per heavy atom. The van der Waals surface area contributed by atoms with Gasteiger partial charge < -0.3 is 10.2 Å². The van der Waals surface area contributed by atoms with Crippen molar-refractivity contribution in [2.24, 2.45) is 0 Å². The van der Waals surface area contributed by atoms with E-state index < -0.39 is 10.0 Å². The molecule has 2 rings (SSSR count). The van der Waals surface area contributed by atoms with Gasteiger partial charge in [0.15, 0.2) is 0 Å². The van der Waals surface area contributed by atoms with Crippen LogP contribution in [0.2, 0.25) is 0 Å².